The molecule has 0 atom stereocenters. The molecular weight excluding hydrogens is 296 g/mol. The molecule has 2 aromatic rings. The van der Waals surface area contributed by atoms with Crippen LogP contribution in [0.2, 0.25) is 0 Å². The molecule has 4 heteroatoms. The molecule has 0 aliphatic carbocycles. The number of aromatic nitrogens is 1. The van der Waals surface area contributed by atoms with Crippen LogP contribution in [0.15, 0.2) is 51.8 Å². The van der Waals surface area contributed by atoms with Crippen LogP contribution < -0.4 is 5.32 Å². The van der Waals surface area contributed by atoms with Gasteiger partial charge in [0.25, 0.3) is 0 Å². The van der Waals surface area contributed by atoms with Crippen LogP contribution in [0.1, 0.15) is 5.69 Å². The zero-order valence-corrected chi connectivity index (χ0v) is 11.9. The average Bonchev–Trinajstić information content (AvgIpc) is 2.37. The maximum atomic E-state index is 4.49. The van der Waals surface area contributed by atoms with Gasteiger partial charge in [0, 0.05) is 22.2 Å². The molecule has 0 aliphatic rings. The largest absolute Gasteiger partial charge is 0.373 e. The van der Waals surface area contributed by atoms with E-state index in [1.807, 2.05) is 37.4 Å². The minimum atomic E-state index is 0.881. The SMILES string of the molecule is CNc1cccc(CSc2cccc(Br)c2)n1. The third-order valence-corrected chi connectivity index (χ3v) is 3.77. The van der Waals surface area contributed by atoms with Gasteiger partial charge in [0.1, 0.15) is 5.82 Å². The molecule has 1 aromatic heterocycles. The topological polar surface area (TPSA) is 24.9 Å². The molecule has 88 valence electrons. The molecule has 0 saturated heterocycles. The summed E-state index contributed by atoms with van der Waals surface area (Å²) >= 11 is 5.26. The Kier molecular flexibility index (Phi) is 4.45. The number of nitrogens with zero attached hydrogens (tertiary/aromatic N) is 1. The van der Waals surface area contributed by atoms with Crippen LogP contribution in [-0.4, -0.2) is 12.0 Å². The van der Waals surface area contributed by atoms with Crippen molar-refractivity contribution in [1.82, 2.24) is 4.98 Å². The Balaban J connectivity index is 2.02. The summed E-state index contributed by atoms with van der Waals surface area (Å²) < 4.78 is 1.11. The van der Waals surface area contributed by atoms with Gasteiger partial charge in [0.05, 0.1) is 5.69 Å². The van der Waals surface area contributed by atoms with E-state index in [1.165, 1.54) is 4.90 Å². The molecule has 17 heavy (non-hydrogen) atoms. The second-order valence-corrected chi connectivity index (χ2v) is 5.47. The van der Waals surface area contributed by atoms with E-state index in [-0.39, 0.29) is 0 Å². The molecule has 2 nitrogen and oxygen atoms in total. The van der Waals surface area contributed by atoms with E-state index in [4.69, 9.17) is 0 Å². The molecule has 0 fully saturated rings. The monoisotopic (exact) mass is 308 g/mol. The van der Waals surface area contributed by atoms with Crippen LogP contribution in [0, 0.1) is 0 Å². The summed E-state index contributed by atoms with van der Waals surface area (Å²) in [5, 5.41) is 3.05. The van der Waals surface area contributed by atoms with Gasteiger partial charge in [0.2, 0.25) is 0 Å². The summed E-state index contributed by atoms with van der Waals surface area (Å²) in [5.74, 6) is 1.80. The molecule has 0 saturated carbocycles. The van der Waals surface area contributed by atoms with Crippen LogP contribution in [-0.2, 0) is 5.75 Å². The molecule has 1 N–H and O–H groups in total. The summed E-state index contributed by atoms with van der Waals surface area (Å²) in [7, 11) is 1.88. The first-order valence-electron chi connectivity index (χ1n) is 5.30. The Bertz CT molecular complexity index is 502. The molecule has 2 rings (SSSR count). The number of halogens is 1. The molecule has 0 aliphatic heterocycles. The van der Waals surface area contributed by atoms with E-state index in [0.717, 1.165) is 21.7 Å². The van der Waals surface area contributed by atoms with Gasteiger partial charge in [-0.2, -0.15) is 0 Å². The lowest BCUT2D eigenvalue weighted by molar-refractivity contribution is 1.16. The number of benzene rings is 1. The summed E-state index contributed by atoms with van der Waals surface area (Å²) in [6, 6.07) is 14.3. The minimum Gasteiger partial charge on any atom is -0.373 e. The van der Waals surface area contributed by atoms with E-state index in [1.54, 1.807) is 11.8 Å². The van der Waals surface area contributed by atoms with Crippen molar-refractivity contribution in [2.24, 2.45) is 0 Å². The van der Waals surface area contributed by atoms with E-state index >= 15 is 0 Å². The molecule has 0 amide bonds. The van der Waals surface area contributed by atoms with Crippen molar-refractivity contribution < 1.29 is 0 Å². The Labute approximate surface area is 114 Å². The highest BCUT2D eigenvalue weighted by Crippen LogP contribution is 2.25. The third kappa shape index (κ3) is 3.75. The third-order valence-electron chi connectivity index (χ3n) is 2.25. The number of hydrogen-bond acceptors (Lipinski definition) is 3. The van der Waals surface area contributed by atoms with Gasteiger partial charge in [0.15, 0.2) is 0 Å². The van der Waals surface area contributed by atoms with Crippen LogP contribution >= 0.6 is 27.7 Å². The Morgan fingerprint density at radius 2 is 2.06 bits per heavy atom. The fraction of sp³-hybridized carbons (Fsp3) is 0.154. The average molecular weight is 309 g/mol. The van der Waals surface area contributed by atoms with Gasteiger partial charge in [-0.05, 0) is 30.3 Å². The maximum Gasteiger partial charge on any atom is 0.125 e. The summed E-state index contributed by atoms with van der Waals surface area (Å²) in [6.07, 6.45) is 0. The van der Waals surface area contributed by atoms with Gasteiger partial charge in [-0.25, -0.2) is 4.98 Å². The standard InChI is InChI=1S/C13H13BrN2S/c1-15-13-7-3-5-11(16-13)9-17-12-6-2-4-10(14)8-12/h2-8H,9H2,1H3,(H,15,16). The van der Waals surface area contributed by atoms with Crippen LogP contribution in [0.25, 0.3) is 0 Å². The summed E-state index contributed by atoms with van der Waals surface area (Å²) in [4.78, 5) is 5.73. The van der Waals surface area contributed by atoms with Crippen LogP contribution in [0.3, 0.4) is 0 Å². The number of hydrogen-bond donors (Lipinski definition) is 1. The second kappa shape index (κ2) is 6.07. The Hall–Kier alpha value is -1.00. The molecule has 0 spiro atoms. The van der Waals surface area contributed by atoms with Crippen molar-refractivity contribution in [2.75, 3.05) is 12.4 Å². The summed E-state index contributed by atoms with van der Waals surface area (Å²) in [5.41, 5.74) is 1.09. The van der Waals surface area contributed by atoms with Crippen molar-refractivity contribution in [3.63, 3.8) is 0 Å². The normalized spacial score (nSPS) is 10.2. The lowest BCUT2D eigenvalue weighted by Gasteiger charge is -2.04. The van der Waals surface area contributed by atoms with Gasteiger partial charge in [-0.1, -0.05) is 28.1 Å². The number of nitrogens with one attached hydrogen (secondary N) is 1. The number of rotatable bonds is 4. The summed E-state index contributed by atoms with van der Waals surface area (Å²) in [6.45, 7) is 0. The zero-order chi connectivity index (χ0) is 12.1. The first-order chi connectivity index (χ1) is 8.28. The maximum absolute atomic E-state index is 4.49. The molecule has 1 aromatic carbocycles. The van der Waals surface area contributed by atoms with E-state index in [2.05, 4.69) is 38.4 Å². The number of thioether (sulfide) groups is 1. The van der Waals surface area contributed by atoms with Crippen LogP contribution in [0.5, 0.6) is 0 Å². The fourth-order valence-corrected chi connectivity index (χ4v) is 2.82. The molecule has 0 radical (unpaired) electrons. The van der Waals surface area contributed by atoms with Crippen molar-refractivity contribution >= 4 is 33.5 Å². The Morgan fingerprint density at radius 3 is 2.82 bits per heavy atom. The molecule has 0 bridgehead atoms. The number of pyridine rings is 1. The first kappa shape index (κ1) is 12.5. The predicted octanol–water partition coefficient (Wildman–Crippen LogP) is 4.18. The van der Waals surface area contributed by atoms with E-state index in [0.29, 0.717) is 0 Å². The van der Waals surface area contributed by atoms with Crippen molar-refractivity contribution in [2.45, 2.75) is 10.6 Å². The first-order valence-corrected chi connectivity index (χ1v) is 7.08. The van der Waals surface area contributed by atoms with Gasteiger partial charge < -0.3 is 5.32 Å². The van der Waals surface area contributed by atoms with Gasteiger partial charge in [-0.15, -0.1) is 11.8 Å². The van der Waals surface area contributed by atoms with E-state index in [9.17, 15) is 0 Å². The van der Waals surface area contributed by atoms with Crippen molar-refractivity contribution in [3.8, 4) is 0 Å². The highest BCUT2D eigenvalue weighted by molar-refractivity contribution is 9.10. The Morgan fingerprint density at radius 1 is 1.24 bits per heavy atom. The smallest absolute Gasteiger partial charge is 0.125 e. The van der Waals surface area contributed by atoms with E-state index < -0.39 is 0 Å². The van der Waals surface area contributed by atoms with Crippen molar-refractivity contribution in [1.29, 1.82) is 0 Å². The molecule has 0 unspecified atom stereocenters. The lowest BCUT2D eigenvalue weighted by Crippen LogP contribution is -1.94. The highest BCUT2D eigenvalue weighted by atomic mass is 79.9. The quantitative estimate of drug-likeness (QED) is 0.858. The van der Waals surface area contributed by atoms with Crippen LogP contribution in [0.4, 0.5) is 5.82 Å². The fourth-order valence-electron chi connectivity index (χ4n) is 1.41. The van der Waals surface area contributed by atoms with Gasteiger partial charge >= 0.3 is 0 Å². The number of anilines is 1. The predicted molar refractivity (Wildman–Crippen MR) is 77.5 cm³/mol. The lowest BCUT2D eigenvalue weighted by atomic mass is 10.4. The highest BCUT2D eigenvalue weighted by Gasteiger charge is 1.99. The zero-order valence-electron chi connectivity index (χ0n) is 9.48. The van der Waals surface area contributed by atoms with Gasteiger partial charge in [-0.3, -0.25) is 0 Å². The molecular formula is C13H13BrN2S. The minimum absolute atomic E-state index is 0.881. The molecule has 1 heterocycles. The second-order valence-electron chi connectivity index (χ2n) is 3.51. The van der Waals surface area contributed by atoms with Crippen molar-refractivity contribution in [3.05, 3.63) is 52.6 Å².